The summed E-state index contributed by atoms with van der Waals surface area (Å²) < 4.78 is 5.80. The molecule has 2 aromatic heterocycles. The van der Waals surface area contributed by atoms with Gasteiger partial charge in [-0.2, -0.15) is 4.98 Å². The molecule has 4 heterocycles. The number of hydrogen-bond acceptors (Lipinski definition) is 10. The van der Waals surface area contributed by atoms with Gasteiger partial charge in [0, 0.05) is 43.4 Å². The Morgan fingerprint density at radius 3 is 2.80 bits per heavy atom. The molecule has 210 valence electrons. The smallest absolute Gasteiger partial charge is 0.247 e. The highest BCUT2D eigenvalue weighted by Crippen LogP contribution is 2.43. The number of aromatic nitrogens is 4. The first kappa shape index (κ1) is 27.3. The van der Waals surface area contributed by atoms with Crippen molar-refractivity contribution in [2.24, 2.45) is 0 Å². The van der Waals surface area contributed by atoms with E-state index < -0.39 is 0 Å². The molecule has 2 aliphatic heterocycles. The zero-order valence-corrected chi connectivity index (χ0v) is 23.8. The number of fused-ring (bicyclic) bond motifs is 1. The summed E-state index contributed by atoms with van der Waals surface area (Å²) in [4.78, 5) is 37.2. The summed E-state index contributed by atoms with van der Waals surface area (Å²) in [5, 5.41) is 6.28. The Bertz CT molecular complexity index is 1410. The summed E-state index contributed by atoms with van der Waals surface area (Å²) in [7, 11) is 5.78. The van der Waals surface area contributed by atoms with Gasteiger partial charge in [-0.1, -0.05) is 20.4 Å². The van der Waals surface area contributed by atoms with E-state index in [4.69, 9.17) is 9.72 Å². The van der Waals surface area contributed by atoms with Gasteiger partial charge in [-0.25, -0.2) is 9.97 Å². The number of carbonyl (C=O) groups is 1. The molecule has 3 aromatic rings. The average molecular weight is 544 g/mol. The first-order valence-corrected chi connectivity index (χ1v) is 13.5. The molecule has 1 atom stereocenters. The molecule has 11 heteroatoms. The number of ether oxygens (including phenoxy) is 1. The van der Waals surface area contributed by atoms with Crippen molar-refractivity contribution in [1.29, 1.82) is 0 Å². The second-order valence-corrected chi connectivity index (χ2v) is 11.1. The molecule has 2 aliphatic rings. The number of rotatable bonds is 9. The standard InChI is InChI=1S/C29H37N9O2/c1-7-25(39)33-20-14-21(24(40-6)15-23(20)37-13-9-10-19(37)16-36(4)5)34-27-31-18-32-28(35-27)38-17-29(2,3)26-22(38)11-8-12-30-26/h7-8,11-12,14-15,18-19H,1,9-10,13,16-17H2,2-6H3,(H,33,39)(H,31,32,34,35)/t19-/m1/s1. The fraction of sp³-hybridized carbons (Fsp3) is 0.414. The van der Waals surface area contributed by atoms with Crippen LogP contribution in [0, 0.1) is 0 Å². The maximum absolute atomic E-state index is 12.4. The second kappa shape index (κ2) is 11.1. The SMILES string of the molecule is C=CC(=O)Nc1cc(Nc2ncnc(N3CC(C)(C)c4ncccc43)n2)c(OC)cc1N1CCC[C@@H]1CN(C)C. The van der Waals surface area contributed by atoms with Gasteiger partial charge in [0.1, 0.15) is 12.1 Å². The molecule has 0 spiro atoms. The number of benzene rings is 1. The van der Waals surface area contributed by atoms with Crippen LogP contribution in [-0.4, -0.2) is 77.6 Å². The van der Waals surface area contributed by atoms with Crippen molar-refractivity contribution >= 4 is 40.6 Å². The average Bonchev–Trinajstić information content (AvgIpc) is 3.50. The van der Waals surface area contributed by atoms with E-state index in [1.807, 2.05) is 30.5 Å². The van der Waals surface area contributed by atoms with Gasteiger partial charge in [-0.3, -0.25) is 9.78 Å². The molecule has 0 bridgehead atoms. The Labute approximate surface area is 235 Å². The Morgan fingerprint density at radius 2 is 2.05 bits per heavy atom. The predicted octanol–water partition coefficient (Wildman–Crippen LogP) is 4.10. The summed E-state index contributed by atoms with van der Waals surface area (Å²) in [5.74, 6) is 1.21. The van der Waals surface area contributed by atoms with Crippen molar-refractivity contribution in [3.63, 3.8) is 0 Å². The third-order valence-corrected chi connectivity index (χ3v) is 7.34. The summed E-state index contributed by atoms with van der Waals surface area (Å²) in [6.07, 6.45) is 6.73. The minimum Gasteiger partial charge on any atom is -0.494 e. The molecule has 1 fully saturated rings. The fourth-order valence-electron chi connectivity index (χ4n) is 5.59. The maximum atomic E-state index is 12.4. The second-order valence-electron chi connectivity index (χ2n) is 11.1. The number of nitrogens with zero attached hydrogens (tertiary/aromatic N) is 7. The van der Waals surface area contributed by atoms with Gasteiger partial charge in [-0.05, 0) is 51.2 Å². The van der Waals surface area contributed by atoms with Crippen LogP contribution in [0.1, 0.15) is 32.4 Å². The van der Waals surface area contributed by atoms with E-state index >= 15 is 0 Å². The molecular weight excluding hydrogens is 506 g/mol. The first-order chi connectivity index (χ1) is 19.2. The molecule has 0 radical (unpaired) electrons. The van der Waals surface area contributed by atoms with Crippen LogP contribution in [-0.2, 0) is 10.2 Å². The third kappa shape index (κ3) is 5.42. The van der Waals surface area contributed by atoms with Gasteiger partial charge in [-0.15, -0.1) is 0 Å². The van der Waals surface area contributed by atoms with Crippen LogP contribution in [0.2, 0.25) is 0 Å². The Balaban J connectivity index is 1.49. The fourth-order valence-corrected chi connectivity index (χ4v) is 5.59. The van der Waals surface area contributed by atoms with E-state index in [0.717, 1.165) is 43.0 Å². The first-order valence-electron chi connectivity index (χ1n) is 13.5. The molecule has 2 N–H and O–H groups in total. The van der Waals surface area contributed by atoms with Crippen molar-refractivity contribution in [3.05, 3.63) is 55.1 Å². The van der Waals surface area contributed by atoms with E-state index in [1.54, 1.807) is 7.11 Å². The van der Waals surface area contributed by atoms with Gasteiger partial charge >= 0.3 is 0 Å². The van der Waals surface area contributed by atoms with Crippen LogP contribution in [0.4, 0.5) is 34.6 Å². The lowest BCUT2D eigenvalue weighted by molar-refractivity contribution is -0.111. The van der Waals surface area contributed by atoms with Crippen LogP contribution in [0.3, 0.4) is 0 Å². The van der Waals surface area contributed by atoms with Gasteiger partial charge in [0.05, 0.1) is 35.6 Å². The molecule has 0 aliphatic carbocycles. The third-order valence-electron chi connectivity index (χ3n) is 7.34. The highest BCUT2D eigenvalue weighted by atomic mass is 16.5. The van der Waals surface area contributed by atoms with E-state index in [1.165, 1.54) is 12.4 Å². The van der Waals surface area contributed by atoms with Crippen molar-refractivity contribution in [2.75, 3.05) is 61.3 Å². The topological polar surface area (TPSA) is 112 Å². The number of methoxy groups -OCH3 is 1. The van der Waals surface area contributed by atoms with Gasteiger partial charge in [0.2, 0.25) is 17.8 Å². The lowest BCUT2D eigenvalue weighted by atomic mass is 9.91. The molecule has 5 rings (SSSR count). The van der Waals surface area contributed by atoms with E-state index in [-0.39, 0.29) is 11.3 Å². The van der Waals surface area contributed by atoms with Crippen molar-refractivity contribution < 1.29 is 9.53 Å². The zero-order chi connectivity index (χ0) is 28.4. The number of nitrogens with one attached hydrogen (secondary N) is 2. The molecule has 1 aromatic carbocycles. The molecule has 11 nitrogen and oxygen atoms in total. The van der Waals surface area contributed by atoms with Crippen LogP contribution in [0.25, 0.3) is 0 Å². The van der Waals surface area contributed by atoms with Crippen LogP contribution >= 0.6 is 0 Å². The Hall–Kier alpha value is -4.25. The Kier molecular flexibility index (Phi) is 7.57. The number of likely N-dealkylation sites (N-methyl/N-ethyl adjacent to an activating group) is 1. The van der Waals surface area contributed by atoms with Gasteiger partial charge in [0.25, 0.3) is 0 Å². The minimum atomic E-state index is -0.285. The normalized spacial score (nSPS) is 17.6. The van der Waals surface area contributed by atoms with Crippen molar-refractivity contribution in [3.8, 4) is 5.75 Å². The summed E-state index contributed by atoms with van der Waals surface area (Å²) in [6, 6.07) is 8.10. The van der Waals surface area contributed by atoms with Crippen LogP contribution < -0.4 is 25.2 Å². The van der Waals surface area contributed by atoms with Gasteiger partial charge in [0.15, 0.2) is 0 Å². The molecular formula is C29H37N9O2. The van der Waals surface area contributed by atoms with E-state index in [9.17, 15) is 4.79 Å². The summed E-state index contributed by atoms with van der Waals surface area (Å²) in [5.41, 5.74) is 4.04. The number of pyridine rings is 1. The van der Waals surface area contributed by atoms with E-state index in [2.05, 4.69) is 74.8 Å². The zero-order valence-electron chi connectivity index (χ0n) is 23.8. The van der Waals surface area contributed by atoms with Gasteiger partial charge < -0.3 is 30.1 Å². The monoisotopic (exact) mass is 543 g/mol. The lowest BCUT2D eigenvalue weighted by Gasteiger charge is -2.31. The minimum absolute atomic E-state index is 0.145. The maximum Gasteiger partial charge on any atom is 0.247 e. The highest BCUT2D eigenvalue weighted by molar-refractivity contribution is 6.02. The highest BCUT2D eigenvalue weighted by Gasteiger charge is 2.38. The van der Waals surface area contributed by atoms with Crippen LogP contribution in [0.5, 0.6) is 5.75 Å². The molecule has 1 saturated heterocycles. The summed E-state index contributed by atoms with van der Waals surface area (Å²) in [6.45, 7) is 10.5. The molecule has 0 unspecified atom stereocenters. The Morgan fingerprint density at radius 1 is 1.23 bits per heavy atom. The largest absolute Gasteiger partial charge is 0.494 e. The number of amides is 1. The molecule has 1 amide bonds. The number of hydrogen-bond donors (Lipinski definition) is 2. The van der Waals surface area contributed by atoms with Crippen LogP contribution in [0.15, 0.2) is 49.4 Å². The molecule has 0 saturated carbocycles. The molecule has 40 heavy (non-hydrogen) atoms. The number of anilines is 6. The number of carbonyl (C=O) groups excluding carboxylic acids is 1. The van der Waals surface area contributed by atoms with Crippen molar-refractivity contribution in [2.45, 2.75) is 38.1 Å². The lowest BCUT2D eigenvalue weighted by Crippen LogP contribution is -2.38. The van der Waals surface area contributed by atoms with Crippen molar-refractivity contribution in [1.82, 2.24) is 24.8 Å². The quantitative estimate of drug-likeness (QED) is 0.383. The summed E-state index contributed by atoms with van der Waals surface area (Å²) >= 11 is 0. The van der Waals surface area contributed by atoms with E-state index in [0.29, 0.717) is 41.6 Å². The predicted molar refractivity (Wildman–Crippen MR) is 158 cm³/mol.